The van der Waals surface area contributed by atoms with E-state index in [2.05, 4.69) is 45.3 Å². The number of piperidine rings is 1. The lowest BCUT2D eigenvalue weighted by molar-refractivity contribution is -0.142. The van der Waals surface area contributed by atoms with Gasteiger partial charge in [-0.25, -0.2) is 9.97 Å². The highest BCUT2D eigenvalue weighted by atomic mass is 16.4. The number of carbonyl (C=O) groups is 1. The number of benzene rings is 2. The molecule has 8 nitrogen and oxygen atoms in total. The molecule has 31 heavy (non-hydrogen) atoms. The van der Waals surface area contributed by atoms with E-state index < -0.39 is 5.97 Å². The Balaban J connectivity index is 1.44. The average Bonchev–Trinajstić information content (AvgIpc) is 3.25. The normalized spacial score (nSPS) is 14.9. The van der Waals surface area contributed by atoms with Crippen LogP contribution in [0.15, 0.2) is 42.7 Å². The summed E-state index contributed by atoms with van der Waals surface area (Å²) in [7, 11) is 0. The van der Waals surface area contributed by atoms with Crippen molar-refractivity contribution < 1.29 is 9.90 Å². The monoisotopic (exact) mass is 416 g/mol. The zero-order valence-electron chi connectivity index (χ0n) is 17.3. The number of rotatable bonds is 5. The summed E-state index contributed by atoms with van der Waals surface area (Å²) in [6, 6.07) is 12.3. The molecule has 5 rings (SSSR count). The van der Waals surface area contributed by atoms with Gasteiger partial charge in [0.05, 0.1) is 28.8 Å². The molecule has 8 heteroatoms. The molecule has 0 aliphatic carbocycles. The second kappa shape index (κ2) is 7.86. The number of hydrogen-bond acceptors (Lipinski definition) is 6. The van der Waals surface area contributed by atoms with Gasteiger partial charge in [-0.1, -0.05) is 17.7 Å². The molecular formula is C23H24N6O2. The Morgan fingerprint density at radius 1 is 1.16 bits per heavy atom. The lowest BCUT2D eigenvalue weighted by atomic mass is 9.97. The van der Waals surface area contributed by atoms with Crippen molar-refractivity contribution in [3.05, 3.63) is 53.9 Å². The zero-order chi connectivity index (χ0) is 21.4. The Kier molecular flexibility index (Phi) is 4.89. The number of carboxylic acids is 1. The Morgan fingerprint density at radius 3 is 2.77 bits per heavy atom. The van der Waals surface area contributed by atoms with Crippen molar-refractivity contribution in [1.82, 2.24) is 19.9 Å². The molecule has 0 bridgehead atoms. The predicted molar refractivity (Wildman–Crippen MR) is 120 cm³/mol. The Morgan fingerprint density at radius 2 is 1.97 bits per heavy atom. The first-order valence-electron chi connectivity index (χ1n) is 10.5. The first kappa shape index (κ1) is 19.3. The summed E-state index contributed by atoms with van der Waals surface area (Å²) in [5.74, 6) is 0.431. The van der Waals surface area contributed by atoms with Gasteiger partial charge in [-0.05, 0) is 49.6 Å². The highest BCUT2D eigenvalue weighted by molar-refractivity contribution is 5.90. The number of nitrogens with zero attached hydrogens (tertiary/aromatic N) is 4. The molecule has 1 aliphatic heterocycles. The number of aliphatic carboxylic acids is 1. The minimum atomic E-state index is -0.717. The van der Waals surface area contributed by atoms with E-state index in [1.165, 1.54) is 0 Å². The van der Waals surface area contributed by atoms with Crippen molar-refractivity contribution in [3.8, 4) is 0 Å². The number of fused-ring (bicyclic) bond motifs is 2. The van der Waals surface area contributed by atoms with Gasteiger partial charge in [-0.2, -0.15) is 4.98 Å². The summed E-state index contributed by atoms with van der Waals surface area (Å²) in [6.45, 7) is 3.96. The minimum absolute atomic E-state index is 0.283. The van der Waals surface area contributed by atoms with Gasteiger partial charge >= 0.3 is 5.97 Å². The van der Waals surface area contributed by atoms with E-state index in [1.54, 1.807) is 6.33 Å². The topological polar surface area (TPSA) is 107 Å². The van der Waals surface area contributed by atoms with Crippen molar-refractivity contribution in [2.75, 3.05) is 23.3 Å². The van der Waals surface area contributed by atoms with Crippen molar-refractivity contribution in [1.29, 1.82) is 0 Å². The van der Waals surface area contributed by atoms with Crippen molar-refractivity contribution in [2.45, 2.75) is 26.3 Å². The van der Waals surface area contributed by atoms with Crippen LogP contribution in [-0.2, 0) is 11.3 Å². The number of nitrogens with one attached hydrogen (secondary N) is 2. The summed E-state index contributed by atoms with van der Waals surface area (Å²) in [5, 5.41) is 13.7. The first-order valence-corrected chi connectivity index (χ1v) is 10.5. The van der Waals surface area contributed by atoms with Crippen LogP contribution in [0.1, 0.15) is 24.0 Å². The van der Waals surface area contributed by atoms with Crippen LogP contribution in [0.2, 0.25) is 0 Å². The Labute approximate surface area is 179 Å². The Bertz CT molecular complexity index is 1260. The van der Waals surface area contributed by atoms with Crippen molar-refractivity contribution in [2.24, 2.45) is 5.92 Å². The molecule has 1 saturated heterocycles. The van der Waals surface area contributed by atoms with E-state index in [1.807, 2.05) is 18.2 Å². The summed E-state index contributed by atoms with van der Waals surface area (Å²) in [5.41, 5.74) is 5.10. The molecule has 158 valence electrons. The maximum absolute atomic E-state index is 11.3. The molecule has 3 N–H and O–H groups in total. The molecular weight excluding hydrogens is 392 g/mol. The molecule has 0 atom stereocenters. The molecule has 3 heterocycles. The number of imidazole rings is 1. The first-order chi connectivity index (χ1) is 15.1. The van der Waals surface area contributed by atoms with Gasteiger partial charge in [0.15, 0.2) is 0 Å². The maximum Gasteiger partial charge on any atom is 0.306 e. The fourth-order valence-corrected chi connectivity index (χ4v) is 4.11. The standard InChI is InChI=1S/C23H24N6O2/c1-14-2-4-18-17(10-14)21(24-12-15-3-5-19-20(11-15)26-13-25-19)28-23(27-18)29-8-6-16(7-9-29)22(30)31/h2-5,10-11,13,16H,6-9,12H2,1H3,(H,25,26)(H,30,31)(H,24,27,28). The minimum Gasteiger partial charge on any atom is -0.481 e. The largest absolute Gasteiger partial charge is 0.481 e. The lowest BCUT2D eigenvalue weighted by Crippen LogP contribution is -2.37. The number of H-pyrrole nitrogens is 1. The maximum atomic E-state index is 11.3. The smallest absolute Gasteiger partial charge is 0.306 e. The number of aromatic amines is 1. The second-order valence-corrected chi connectivity index (χ2v) is 8.10. The van der Waals surface area contributed by atoms with Crippen LogP contribution in [0.4, 0.5) is 11.8 Å². The Hall–Kier alpha value is -3.68. The number of aromatic nitrogens is 4. The number of aryl methyl sites for hydroxylation is 1. The molecule has 0 amide bonds. The predicted octanol–water partition coefficient (Wildman–Crippen LogP) is 3.73. The van der Waals surface area contributed by atoms with Crippen LogP contribution >= 0.6 is 0 Å². The van der Waals surface area contributed by atoms with Gasteiger partial charge < -0.3 is 20.3 Å². The van der Waals surface area contributed by atoms with Crippen molar-refractivity contribution >= 4 is 39.7 Å². The summed E-state index contributed by atoms with van der Waals surface area (Å²) >= 11 is 0. The second-order valence-electron chi connectivity index (χ2n) is 8.10. The molecule has 2 aromatic carbocycles. The molecule has 0 spiro atoms. The van der Waals surface area contributed by atoms with Gasteiger partial charge in [-0.3, -0.25) is 4.79 Å². The fraction of sp³-hybridized carbons (Fsp3) is 0.304. The van der Waals surface area contributed by atoms with Crippen molar-refractivity contribution in [3.63, 3.8) is 0 Å². The SMILES string of the molecule is Cc1ccc2nc(N3CCC(C(=O)O)CC3)nc(NCc3ccc4nc[nH]c4c3)c2c1. The summed E-state index contributed by atoms with van der Waals surface area (Å²) in [4.78, 5) is 30.4. The average molecular weight is 416 g/mol. The summed E-state index contributed by atoms with van der Waals surface area (Å²) in [6.07, 6.45) is 2.91. The van der Waals surface area contributed by atoms with Crippen LogP contribution < -0.4 is 10.2 Å². The third kappa shape index (κ3) is 3.88. The van der Waals surface area contributed by atoms with E-state index >= 15 is 0 Å². The molecule has 0 unspecified atom stereocenters. The van der Waals surface area contributed by atoms with Gasteiger partial charge in [0, 0.05) is 25.0 Å². The van der Waals surface area contributed by atoms with E-state index in [0.717, 1.165) is 38.9 Å². The van der Waals surface area contributed by atoms with E-state index in [4.69, 9.17) is 9.97 Å². The van der Waals surface area contributed by atoms with Gasteiger partial charge in [-0.15, -0.1) is 0 Å². The number of carboxylic acid groups (broad SMARTS) is 1. The van der Waals surface area contributed by atoms with E-state index in [9.17, 15) is 9.90 Å². The molecule has 1 fully saturated rings. The molecule has 1 aliphatic rings. The van der Waals surface area contributed by atoms with E-state index in [0.29, 0.717) is 38.4 Å². The lowest BCUT2D eigenvalue weighted by Gasteiger charge is -2.30. The van der Waals surface area contributed by atoms with Crippen LogP contribution in [0.3, 0.4) is 0 Å². The fourth-order valence-electron chi connectivity index (χ4n) is 4.11. The third-order valence-corrected chi connectivity index (χ3v) is 5.91. The van der Waals surface area contributed by atoms with Gasteiger partial charge in [0.25, 0.3) is 0 Å². The van der Waals surface area contributed by atoms with Gasteiger partial charge in [0.2, 0.25) is 5.95 Å². The zero-order valence-corrected chi connectivity index (χ0v) is 17.3. The molecule has 4 aromatic rings. The third-order valence-electron chi connectivity index (χ3n) is 5.91. The number of anilines is 2. The number of hydrogen-bond donors (Lipinski definition) is 3. The molecule has 0 saturated carbocycles. The van der Waals surface area contributed by atoms with Crippen LogP contribution in [-0.4, -0.2) is 44.1 Å². The van der Waals surface area contributed by atoms with Crippen LogP contribution in [0.5, 0.6) is 0 Å². The molecule has 0 radical (unpaired) electrons. The highest BCUT2D eigenvalue weighted by Crippen LogP contribution is 2.28. The summed E-state index contributed by atoms with van der Waals surface area (Å²) < 4.78 is 0. The van der Waals surface area contributed by atoms with Crippen LogP contribution in [0.25, 0.3) is 21.9 Å². The quantitative estimate of drug-likeness (QED) is 0.455. The van der Waals surface area contributed by atoms with Gasteiger partial charge in [0.1, 0.15) is 5.82 Å². The molecule has 2 aromatic heterocycles. The van der Waals surface area contributed by atoms with Crippen LogP contribution in [0, 0.1) is 12.8 Å². The highest BCUT2D eigenvalue weighted by Gasteiger charge is 2.26. The van der Waals surface area contributed by atoms with E-state index in [-0.39, 0.29) is 5.92 Å².